The molecule has 0 aromatic heterocycles. The minimum absolute atomic E-state index is 0.0144. The zero-order chi connectivity index (χ0) is 15.8. The van der Waals surface area contributed by atoms with E-state index < -0.39 is 0 Å². The van der Waals surface area contributed by atoms with E-state index in [4.69, 9.17) is 11.2 Å². The van der Waals surface area contributed by atoms with Gasteiger partial charge in [-0.15, -0.1) is 12.3 Å². The van der Waals surface area contributed by atoms with E-state index in [0.717, 1.165) is 6.42 Å². The molecule has 0 heterocycles. The summed E-state index contributed by atoms with van der Waals surface area (Å²) in [5.74, 6) is 2.83. The molecule has 0 bridgehead atoms. The second kappa shape index (κ2) is 8.01. The van der Waals surface area contributed by atoms with Gasteiger partial charge in [-0.25, -0.2) is 0 Å². The van der Waals surface area contributed by atoms with E-state index in [0.29, 0.717) is 6.42 Å². The van der Waals surface area contributed by atoms with Gasteiger partial charge in [0.05, 0.1) is 11.5 Å². The van der Waals surface area contributed by atoms with E-state index in [1.54, 1.807) is 7.11 Å². The molecule has 1 aromatic rings. The van der Waals surface area contributed by atoms with Crippen molar-refractivity contribution in [2.45, 2.75) is 50.5 Å². The summed E-state index contributed by atoms with van der Waals surface area (Å²) in [4.78, 5) is 0. The van der Waals surface area contributed by atoms with E-state index in [9.17, 15) is 0 Å². The zero-order valence-corrected chi connectivity index (χ0v) is 13.7. The molecule has 0 amide bonds. The fraction of sp³-hybridized carbons (Fsp3) is 0.429. The summed E-state index contributed by atoms with van der Waals surface area (Å²) in [5, 5.41) is 0. The van der Waals surface area contributed by atoms with E-state index in [1.165, 1.54) is 30.4 Å². The van der Waals surface area contributed by atoms with Crippen LogP contribution in [0.4, 0.5) is 0 Å². The third-order valence-corrected chi connectivity index (χ3v) is 4.51. The van der Waals surface area contributed by atoms with Crippen LogP contribution in [0.25, 0.3) is 0 Å². The number of aryl methyl sites for hydroxylation is 1. The van der Waals surface area contributed by atoms with Crippen LogP contribution in [0.3, 0.4) is 0 Å². The van der Waals surface area contributed by atoms with Gasteiger partial charge in [-0.05, 0) is 24.0 Å². The van der Waals surface area contributed by atoms with Crippen LogP contribution >= 0.6 is 0 Å². The Morgan fingerprint density at radius 1 is 1.18 bits per heavy atom. The molecule has 2 atom stereocenters. The predicted molar refractivity (Wildman–Crippen MR) is 93.9 cm³/mol. The fourth-order valence-corrected chi connectivity index (χ4v) is 3.20. The van der Waals surface area contributed by atoms with Crippen molar-refractivity contribution in [1.29, 1.82) is 0 Å². The molecule has 1 heteroatoms. The maximum atomic E-state index is 5.69. The van der Waals surface area contributed by atoms with E-state index in [-0.39, 0.29) is 11.5 Å². The van der Waals surface area contributed by atoms with Gasteiger partial charge in [-0.3, -0.25) is 0 Å². The monoisotopic (exact) mass is 294 g/mol. The van der Waals surface area contributed by atoms with Gasteiger partial charge in [0.25, 0.3) is 0 Å². The Kier molecular flexibility index (Phi) is 6.04. The first-order chi connectivity index (χ1) is 10.8. The van der Waals surface area contributed by atoms with Crippen molar-refractivity contribution in [3.05, 3.63) is 59.7 Å². The molecular formula is C21H26O. The average Bonchev–Trinajstić information content (AvgIpc) is 2.56. The largest absolute Gasteiger partial charge is 0.376 e. The lowest BCUT2D eigenvalue weighted by Crippen LogP contribution is -2.39. The van der Waals surface area contributed by atoms with Crippen molar-refractivity contribution in [1.82, 2.24) is 0 Å². The topological polar surface area (TPSA) is 9.23 Å². The highest BCUT2D eigenvalue weighted by atomic mass is 16.5. The molecule has 0 saturated heterocycles. The molecule has 116 valence electrons. The molecule has 1 aromatic carbocycles. The number of hydrogen-bond donors (Lipinski definition) is 0. The SMILES string of the molecule is C#CCC1(c2ccc(CCCCC)cc2)C=CC=CC1OC. The molecule has 0 spiro atoms. The Bertz CT molecular complexity index is 559. The molecule has 1 nitrogen and oxygen atoms in total. The van der Waals surface area contributed by atoms with Crippen LogP contribution in [-0.4, -0.2) is 13.2 Å². The number of allylic oxidation sites excluding steroid dienone is 2. The predicted octanol–water partition coefficient (Wildman–Crippen LogP) is 4.82. The van der Waals surface area contributed by atoms with Crippen LogP contribution in [0.15, 0.2) is 48.6 Å². The molecule has 22 heavy (non-hydrogen) atoms. The first-order valence-corrected chi connectivity index (χ1v) is 8.18. The summed E-state index contributed by atoms with van der Waals surface area (Å²) >= 11 is 0. The van der Waals surface area contributed by atoms with Gasteiger partial charge in [-0.1, -0.05) is 68.3 Å². The smallest absolute Gasteiger partial charge is 0.0895 e. The highest BCUT2D eigenvalue weighted by molar-refractivity contribution is 5.41. The lowest BCUT2D eigenvalue weighted by Gasteiger charge is -2.37. The third-order valence-electron chi connectivity index (χ3n) is 4.51. The fourth-order valence-electron chi connectivity index (χ4n) is 3.20. The average molecular weight is 294 g/mol. The molecule has 0 saturated carbocycles. The summed E-state index contributed by atoms with van der Waals surface area (Å²) < 4.78 is 5.69. The minimum atomic E-state index is -0.250. The Morgan fingerprint density at radius 2 is 1.95 bits per heavy atom. The van der Waals surface area contributed by atoms with Gasteiger partial charge >= 0.3 is 0 Å². The molecule has 2 unspecified atom stereocenters. The van der Waals surface area contributed by atoms with Gasteiger partial charge in [0.2, 0.25) is 0 Å². The van der Waals surface area contributed by atoms with Gasteiger partial charge in [0.15, 0.2) is 0 Å². The van der Waals surface area contributed by atoms with Crippen LogP contribution in [0.1, 0.15) is 43.7 Å². The molecule has 0 aliphatic heterocycles. The molecule has 1 aliphatic rings. The first kappa shape index (κ1) is 16.6. The number of ether oxygens (including phenoxy) is 1. The molecule has 0 N–H and O–H groups in total. The Hall–Kier alpha value is -1.78. The zero-order valence-electron chi connectivity index (χ0n) is 13.7. The number of terminal acetylenes is 1. The first-order valence-electron chi connectivity index (χ1n) is 8.18. The summed E-state index contributed by atoms with van der Waals surface area (Å²) in [6, 6.07) is 8.91. The van der Waals surface area contributed by atoms with E-state index in [2.05, 4.69) is 55.3 Å². The lowest BCUT2D eigenvalue weighted by atomic mass is 9.71. The summed E-state index contributed by atoms with van der Waals surface area (Å²) in [7, 11) is 1.75. The van der Waals surface area contributed by atoms with E-state index >= 15 is 0 Å². The molecule has 0 fully saturated rings. The minimum Gasteiger partial charge on any atom is -0.376 e. The van der Waals surface area contributed by atoms with Crippen LogP contribution in [0.2, 0.25) is 0 Å². The van der Waals surface area contributed by atoms with Crippen molar-refractivity contribution >= 4 is 0 Å². The van der Waals surface area contributed by atoms with Crippen molar-refractivity contribution in [3.63, 3.8) is 0 Å². The molecule has 1 aliphatic carbocycles. The Morgan fingerprint density at radius 3 is 2.59 bits per heavy atom. The lowest BCUT2D eigenvalue weighted by molar-refractivity contribution is 0.0883. The maximum absolute atomic E-state index is 5.69. The number of benzene rings is 1. The highest BCUT2D eigenvalue weighted by Crippen LogP contribution is 2.37. The third kappa shape index (κ3) is 3.51. The Labute approximate surface area is 135 Å². The van der Waals surface area contributed by atoms with Gasteiger partial charge in [0, 0.05) is 13.5 Å². The normalized spacial score (nSPS) is 23.4. The molecular weight excluding hydrogens is 268 g/mol. The highest BCUT2D eigenvalue weighted by Gasteiger charge is 2.37. The standard InChI is InChI=1S/C21H26O/c1-4-6-7-10-18-12-14-19(15-13-18)21(16-5-2)17-9-8-11-20(21)22-3/h2,8-9,11-15,17,20H,4,6-7,10,16H2,1,3H3. The number of rotatable bonds is 7. The van der Waals surface area contributed by atoms with E-state index in [1.807, 2.05) is 6.08 Å². The second-order valence-electron chi connectivity index (χ2n) is 5.98. The molecule has 2 rings (SSSR count). The Balaban J connectivity index is 2.24. The van der Waals surface area contributed by atoms with Gasteiger partial charge < -0.3 is 4.74 Å². The summed E-state index contributed by atoms with van der Waals surface area (Å²) in [6.07, 6.45) is 19.6. The summed E-state index contributed by atoms with van der Waals surface area (Å²) in [5.41, 5.74) is 2.38. The van der Waals surface area contributed by atoms with Crippen LogP contribution < -0.4 is 0 Å². The van der Waals surface area contributed by atoms with Crippen molar-refractivity contribution in [2.24, 2.45) is 0 Å². The maximum Gasteiger partial charge on any atom is 0.0895 e. The van der Waals surface area contributed by atoms with Gasteiger partial charge in [0.1, 0.15) is 0 Å². The number of methoxy groups -OCH3 is 1. The van der Waals surface area contributed by atoms with Crippen molar-refractivity contribution in [3.8, 4) is 12.3 Å². The summed E-state index contributed by atoms with van der Waals surface area (Å²) in [6.45, 7) is 2.24. The van der Waals surface area contributed by atoms with Crippen molar-refractivity contribution in [2.75, 3.05) is 7.11 Å². The van der Waals surface area contributed by atoms with Crippen LogP contribution in [0.5, 0.6) is 0 Å². The second-order valence-corrected chi connectivity index (χ2v) is 5.98. The number of unbranched alkanes of at least 4 members (excludes halogenated alkanes) is 2. The van der Waals surface area contributed by atoms with Crippen LogP contribution in [0, 0.1) is 12.3 Å². The number of hydrogen-bond acceptors (Lipinski definition) is 1. The van der Waals surface area contributed by atoms with Gasteiger partial charge in [-0.2, -0.15) is 0 Å². The quantitative estimate of drug-likeness (QED) is 0.517. The van der Waals surface area contributed by atoms with Crippen molar-refractivity contribution < 1.29 is 4.74 Å². The molecule has 0 radical (unpaired) electrons. The van der Waals surface area contributed by atoms with Crippen LogP contribution in [-0.2, 0) is 16.6 Å².